The Hall–Kier alpha value is -4.19. The van der Waals surface area contributed by atoms with Crippen LogP contribution in [0.25, 0.3) is 0 Å². The van der Waals surface area contributed by atoms with Gasteiger partial charge >= 0.3 is 17.9 Å². The summed E-state index contributed by atoms with van der Waals surface area (Å²) in [5.74, 6) is -0.951. The second-order valence-corrected chi connectivity index (χ2v) is 19.9. The van der Waals surface area contributed by atoms with Crippen molar-refractivity contribution in [3.8, 4) is 0 Å². The van der Waals surface area contributed by atoms with E-state index < -0.39 is 6.10 Å². The van der Waals surface area contributed by atoms with Crippen LogP contribution in [-0.2, 0) is 28.6 Å². The Bertz CT molecular complexity index is 1550. The van der Waals surface area contributed by atoms with Crippen molar-refractivity contribution in [2.75, 3.05) is 13.2 Å². The predicted octanol–water partition coefficient (Wildman–Crippen LogP) is 20.8. The molecule has 0 saturated heterocycles. The lowest BCUT2D eigenvalue weighted by atomic mass is 10.0. The summed E-state index contributed by atoms with van der Waals surface area (Å²) in [5.41, 5.74) is 0. The zero-order valence-corrected chi connectivity index (χ0v) is 48.1. The zero-order valence-electron chi connectivity index (χ0n) is 48.1. The highest BCUT2D eigenvalue weighted by molar-refractivity contribution is 5.71. The summed E-state index contributed by atoms with van der Waals surface area (Å²) in [6.07, 6.45) is 84.8. The van der Waals surface area contributed by atoms with Crippen molar-refractivity contribution >= 4 is 17.9 Å². The number of carbonyl (C=O) groups is 3. The maximum absolute atomic E-state index is 12.9. The molecule has 0 aliphatic rings. The highest BCUT2D eigenvalue weighted by Gasteiger charge is 2.19. The molecule has 0 heterocycles. The lowest BCUT2D eigenvalue weighted by molar-refractivity contribution is -0.167. The monoisotopic (exact) mass is 1020 g/mol. The van der Waals surface area contributed by atoms with Gasteiger partial charge in [0.2, 0.25) is 0 Å². The molecular weight excluding hydrogens is 913 g/mol. The molecule has 0 rings (SSSR count). The van der Waals surface area contributed by atoms with E-state index in [2.05, 4.69) is 142 Å². The summed E-state index contributed by atoms with van der Waals surface area (Å²) < 4.78 is 16.9. The van der Waals surface area contributed by atoms with Gasteiger partial charge in [-0.05, 0) is 109 Å². The molecule has 1 atom stereocenters. The number of rotatable bonds is 54. The van der Waals surface area contributed by atoms with Crippen LogP contribution >= 0.6 is 0 Å². The maximum Gasteiger partial charge on any atom is 0.306 e. The van der Waals surface area contributed by atoms with Crippen LogP contribution in [0.1, 0.15) is 271 Å². The molecule has 6 nitrogen and oxygen atoms in total. The molecule has 1 unspecified atom stereocenters. The molecule has 0 fully saturated rings. The number of ether oxygens (including phenoxy) is 3. The van der Waals surface area contributed by atoms with Gasteiger partial charge in [-0.25, -0.2) is 0 Å². The van der Waals surface area contributed by atoms with E-state index in [1.807, 2.05) is 0 Å². The van der Waals surface area contributed by atoms with E-state index in [1.54, 1.807) is 0 Å². The van der Waals surface area contributed by atoms with Gasteiger partial charge in [0, 0.05) is 19.3 Å². The van der Waals surface area contributed by atoms with Crippen LogP contribution in [-0.4, -0.2) is 37.2 Å². The largest absolute Gasteiger partial charge is 0.462 e. The van der Waals surface area contributed by atoms with Gasteiger partial charge in [0.1, 0.15) is 13.2 Å². The fraction of sp³-hybridized carbons (Fsp3) is 0.662. The highest BCUT2D eigenvalue weighted by atomic mass is 16.6. The number of hydrogen-bond acceptors (Lipinski definition) is 6. The Morgan fingerprint density at radius 3 is 0.851 bits per heavy atom. The second-order valence-electron chi connectivity index (χ2n) is 19.9. The molecule has 0 aliphatic heterocycles. The topological polar surface area (TPSA) is 78.9 Å². The Balaban J connectivity index is 4.43. The number of esters is 3. The van der Waals surface area contributed by atoms with Crippen LogP contribution in [0.2, 0.25) is 0 Å². The number of carbonyl (C=O) groups excluding carboxylic acids is 3. The first kappa shape index (κ1) is 69.8. The van der Waals surface area contributed by atoms with Crippen molar-refractivity contribution in [1.82, 2.24) is 0 Å². The molecule has 6 heteroatoms. The Morgan fingerprint density at radius 1 is 0.284 bits per heavy atom. The summed E-state index contributed by atoms with van der Waals surface area (Å²) in [6, 6.07) is 0. The predicted molar refractivity (Wildman–Crippen MR) is 320 cm³/mol. The van der Waals surface area contributed by atoms with Crippen molar-refractivity contribution in [1.29, 1.82) is 0 Å². The summed E-state index contributed by atoms with van der Waals surface area (Å²) in [6.45, 7) is 6.38. The molecule has 74 heavy (non-hydrogen) atoms. The first-order valence-corrected chi connectivity index (χ1v) is 30.5. The van der Waals surface area contributed by atoms with E-state index in [1.165, 1.54) is 96.3 Å². The molecule has 0 saturated carbocycles. The molecule has 0 amide bonds. The van der Waals surface area contributed by atoms with Crippen molar-refractivity contribution in [3.63, 3.8) is 0 Å². The van der Waals surface area contributed by atoms with Crippen LogP contribution in [0.5, 0.6) is 0 Å². The van der Waals surface area contributed by atoms with E-state index in [0.717, 1.165) is 135 Å². The summed E-state index contributed by atoms with van der Waals surface area (Å²) in [7, 11) is 0. The van der Waals surface area contributed by atoms with Crippen LogP contribution in [0.3, 0.4) is 0 Å². The lowest BCUT2D eigenvalue weighted by Crippen LogP contribution is -2.30. The van der Waals surface area contributed by atoms with Crippen LogP contribution in [0.4, 0.5) is 0 Å². The molecule has 0 radical (unpaired) electrons. The third-order valence-corrected chi connectivity index (χ3v) is 12.7. The average molecular weight is 1030 g/mol. The second kappa shape index (κ2) is 61.4. The molecular formula is C68H112O6. The quantitative estimate of drug-likeness (QED) is 0.0261. The van der Waals surface area contributed by atoms with E-state index in [4.69, 9.17) is 14.2 Å². The van der Waals surface area contributed by atoms with Gasteiger partial charge in [-0.1, -0.05) is 264 Å². The zero-order chi connectivity index (χ0) is 53.6. The Morgan fingerprint density at radius 2 is 0.527 bits per heavy atom. The maximum atomic E-state index is 12.9. The van der Waals surface area contributed by atoms with E-state index in [0.29, 0.717) is 19.3 Å². The van der Waals surface area contributed by atoms with Gasteiger partial charge in [-0.15, -0.1) is 0 Å². The van der Waals surface area contributed by atoms with E-state index >= 15 is 0 Å². The van der Waals surface area contributed by atoms with E-state index in [9.17, 15) is 14.4 Å². The fourth-order valence-corrected chi connectivity index (χ4v) is 8.20. The van der Waals surface area contributed by atoms with Crippen molar-refractivity contribution in [2.24, 2.45) is 0 Å². The summed E-state index contributed by atoms with van der Waals surface area (Å²) >= 11 is 0. The number of unbranched alkanes of at least 4 members (excludes halogenated alkanes) is 23. The standard InChI is InChI=1S/C68H112O6/c1-4-7-10-13-16-19-22-25-28-30-31-32-33-34-35-36-37-38-41-43-46-49-52-55-58-61-67(70)73-64-65(63-72-66(69)60-57-54-51-48-45-42-39-27-24-21-18-15-12-9-6-3)74-68(71)62-59-56-53-50-47-44-40-29-26-23-20-17-14-11-8-5-2/h7,9-10,12,16,18-19,21,25,27-28,31-32,34-35,37-39,45,48,65H,4-6,8,11,13-15,17,20,22-24,26,29-30,33,36,40-44,46-47,49-64H2,1-3H3/b10-7-,12-9-,19-16-,21-18-,28-25-,32-31-,35-34-,38-37-,39-27-,48-45-. The van der Waals surface area contributed by atoms with Gasteiger partial charge in [-0.2, -0.15) is 0 Å². The van der Waals surface area contributed by atoms with Crippen LogP contribution in [0.15, 0.2) is 122 Å². The average Bonchev–Trinajstić information content (AvgIpc) is 3.40. The van der Waals surface area contributed by atoms with E-state index in [-0.39, 0.29) is 31.1 Å². The van der Waals surface area contributed by atoms with Crippen LogP contribution in [0, 0.1) is 0 Å². The van der Waals surface area contributed by atoms with Gasteiger partial charge < -0.3 is 14.2 Å². The lowest BCUT2D eigenvalue weighted by Gasteiger charge is -2.18. The number of allylic oxidation sites excluding steroid dienone is 20. The van der Waals surface area contributed by atoms with Gasteiger partial charge in [0.05, 0.1) is 0 Å². The molecule has 0 bridgehead atoms. The smallest absolute Gasteiger partial charge is 0.306 e. The van der Waals surface area contributed by atoms with Gasteiger partial charge in [0.15, 0.2) is 6.10 Å². The minimum atomic E-state index is -0.804. The molecule has 0 N–H and O–H groups in total. The number of hydrogen-bond donors (Lipinski definition) is 0. The Labute approximate surface area is 456 Å². The normalized spacial score (nSPS) is 13.0. The first-order valence-electron chi connectivity index (χ1n) is 30.5. The van der Waals surface area contributed by atoms with Gasteiger partial charge in [0.25, 0.3) is 0 Å². The molecule has 0 aromatic carbocycles. The summed E-state index contributed by atoms with van der Waals surface area (Å²) in [4.78, 5) is 38.2. The van der Waals surface area contributed by atoms with Crippen molar-refractivity contribution < 1.29 is 28.6 Å². The molecule has 420 valence electrons. The fourth-order valence-electron chi connectivity index (χ4n) is 8.20. The Kier molecular flexibility index (Phi) is 57.9. The summed E-state index contributed by atoms with van der Waals surface area (Å²) in [5, 5.41) is 0. The SMILES string of the molecule is CC/C=C\C/C=C\C/C=C\C/C=C\C/C=C\C/C=C\CCCCCCCCC(=O)OCC(COC(=O)CCCC/C=C\C/C=C\C/C=C\C/C=C\CC)OC(=O)CCCCCCCCCCCCCCCCCC. The van der Waals surface area contributed by atoms with Gasteiger partial charge in [-0.3, -0.25) is 14.4 Å². The highest BCUT2D eigenvalue weighted by Crippen LogP contribution is 2.16. The first-order chi connectivity index (χ1) is 36.5. The van der Waals surface area contributed by atoms with Crippen LogP contribution < -0.4 is 0 Å². The third kappa shape index (κ3) is 58.7. The van der Waals surface area contributed by atoms with Crippen molar-refractivity contribution in [3.05, 3.63) is 122 Å². The molecule has 0 aromatic heterocycles. The third-order valence-electron chi connectivity index (χ3n) is 12.7. The molecule has 0 aromatic rings. The minimum absolute atomic E-state index is 0.1000. The van der Waals surface area contributed by atoms with Crippen molar-refractivity contribution in [2.45, 2.75) is 277 Å². The minimum Gasteiger partial charge on any atom is -0.462 e. The molecule has 0 spiro atoms. The molecule has 0 aliphatic carbocycles.